The lowest BCUT2D eigenvalue weighted by Gasteiger charge is -2.02. The molecule has 3 heteroatoms. The van der Waals surface area contributed by atoms with Gasteiger partial charge in [0.1, 0.15) is 5.76 Å². The molecule has 0 saturated carbocycles. The third-order valence-electron chi connectivity index (χ3n) is 1.45. The van der Waals surface area contributed by atoms with Gasteiger partial charge in [0.25, 0.3) is 0 Å². The molecule has 1 rings (SSSR count). The van der Waals surface area contributed by atoms with Crippen LogP contribution < -0.4 is 11.5 Å². The Hall–Kier alpha value is -0.960. The highest BCUT2D eigenvalue weighted by Crippen LogP contribution is 2.17. The lowest BCUT2D eigenvalue weighted by Crippen LogP contribution is -2.06. The molecule has 0 aromatic carbocycles. The maximum absolute atomic E-state index is 5.66. The standard InChI is InChI=1S/C7H12N2O/c1-2-5(8)6-3-4-7(9)10-6/h3-5H,2,8-9H2,1H3. The van der Waals surface area contributed by atoms with Crippen LogP contribution in [0.2, 0.25) is 0 Å². The molecule has 0 fully saturated rings. The molecular formula is C7H12N2O. The zero-order valence-corrected chi connectivity index (χ0v) is 6.00. The molecule has 0 saturated heterocycles. The minimum atomic E-state index is -0.0164. The Bertz CT molecular complexity index is 207. The molecule has 1 unspecified atom stereocenters. The summed E-state index contributed by atoms with van der Waals surface area (Å²) in [7, 11) is 0. The molecule has 1 aromatic rings. The van der Waals surface area contributed by atoms with Crippen LogP contribution in [0.5, 0.6) is 0 Å². The van der Waals surface area contributed by atoms with Gasteiger partial charge < -0.3 is 15.9 Å². The molecule has 3 nitrogen and oxygen atoms in total. The van der Waals surface area contributed by atoms with E-state index < -0.39 is 0 Å². The second kappa shape index (κ2) is 2.75. The monoisotopic (exact) mass is 140 g/mol. The predicted octanol–water partition coefficient (Wildman–Crippen LogP) is 1.27. The lowest BCUT2D eigenvalue weighted by molar-refractivity contribution is 0.473. The van der Waals surface area contributed by atoms with E-state index in [1.54, 1.807) is 6.07 Å². The van der Waals surface area contributed by atoms with Gasteiger partial charge in [-0.1, -0.05) is 6.92 Å². The van der Waals surface area contributed by atoms with Crippen LogP contribution in [-0.4, -0.2) is 0 Å². The summed E-state index contributed by atoms with van der Waals surface area (Å²) in [5.41, 5.74) is 11.0. The Balaban J connectivity index is 2.74. The van der Waals surface area contributed by atoms with E-state index in [1.807, 2.05) is 13.0 Å². The van der Waals surface area contributed by atoms with Crippen LogP contribution in [0.3, 0.4) is 0 Å². The number of anilines is 1. The van der Waals surface area contributed by atoms with Gasteiger partial charge in [0.2, 0.25) is 0 Å². The second-order valence-electron chi connectivity index (χ2n) is 2.25. The molecule has 0 spiro atoms. The molecule has 10 heavy (non-hydrogen) atoms. The molecule has 0 aliphatic carbocycles. The van der Waals surface area contributed by atoms with Crippen molar-refractivity contribution >= 4 is 5.88 Å². The van der Waals surface area contributed by atoms with E-state index >= 15 is 0 Å². The first-order chi connectivity index (χ1) is 4.74. The van der Waals surface area contributed by atoms with E-state index in [0.29, 0.717) is 5.88 Å². The molecule has 0 aliphatic heterocycles. The fourth-order valence-corrected chi connectivity index (χ4v) is 0.769. The first-order valence-electron chi connectivity index (χ1n) is 3.34. The van der Waals surface area contributed by atoms with E-state index in [-0.39, 0.29) is 6.04 Å². The van der Waals surface area contributed by atoms with Crippen molar-refractivity contribution < 1.29 is 4.42 Å². The van der Waals surface area contributed by atoms with Crippen LogP contribution in [0, 0.1) is 0 Å². The first-order valence-corrected chi connectivity index (χ1v) is 3.34. The van der Waals surface area contributed by atoms with Crippen LogP contribution >= 0.6 is 0 Å². The smallest absolute Gasteiger partial charge is 0.190 e. The summed E-state index contributed by atoms with van der Waals surface area (Å²) in [5, 5.41) is 0. The molecule has 56 valence electrons. The van der Waals surface area contributed by atoms with Gasteiger partial charge in [-0.05, 0) is 12.5 Å². The zero-order valence-electron chi connectivity index (χ0n) is 6.00. The van der Waals surface area contributed by atoms with Gasteiger partial charge in [-0.15, -0.1) is 0 Å². The summed E-state index contributed by atoms with van der Waals surface area (Å²) in [5.74, 6) is 1.19. The van der Waals surface area contributed by atoms with Crippen LogP contribution in [0.15, 0.2) is 16.5 Å². The number of nitrogen functional groups attached to an aromatic ring is 1. The van der Waals surface area contributed by atoms with Gasteiger partial charge in [-0.3, -0.25) is 0 Å². The van der Waals surface area contributed by atoms with E-state index in [0.717, 1.165) is 12.2 Å². The predicted molar refractivity (Wildman–Crippen MR) is 40.3 cm³/mol. The van der Waals surface area contributed by atoms with Crippen molar-refractivity contribution in [1.29, 1.82) is 0 Å². The minimum Gasteiger partial charge on any atom is -0.444 e. The Morgan fingerprint density at radius 1 is 1.60 bits per heavy atom. The third-order valence-corrected chi connectivity index (χ3v) is 1.45. The normalized spacial score (nSPS) is 13.4. The van der Waals surface area contributed by atoms with E-state index in [9.17, 15) is 0 Å². The molecule has 4 N–H and O–H groups in total. The number of nitrogens with two attached hydrogens (primary N) is 2. The van der Waals surface area contributed by atoms with Gasteiger partial charge in [-0.25, -0.2) is 0 Å². The maximum atomic E-state index is 5.66. The van der Waals surface area contributed by atoms with Crippen molar-refractivity contribution in [2.75, 3.05) is 5.73 Å². The summed E-state index contributed by atoms with van der Waals surface area (Å²) < 4.78 is 5.09. The van der Waals surface area contributed by atoms with Crippen molar-refractivity contribution in [3.63, 3.8) is 0 Å². The molecule has 1 aromatic heterocycles. The number of hydrogen-bond acceptors (Lipinski definition) is 3. The summed E-state index contributed by atoms with van der Waals surface area (Å²) in [6.07, 6.45) is 0.868. The second-order valence-corrected chi connectivity index (χ2v) is 2.25. The van der Waals surface area contributed by atoms with Crippen LogP contribution in [0.4, 0.5) is 5.88 Å². The highest BCUT2D eigenvalue weighted by molar-refractivity contribution is 5.26. The Morgan fingerprint density at radius 3 is 2.70 bits per heavy atom. The Labute approximate surface area is 60.0 Å². The molecule has 0 aliphatic rings. The van der Waals surface area contributed by atoms with Crippen molar-refractivity contribution in [1.82, 2.24) is 0 Å². The van der Waals surface area contributed by atoms with E-state index in [4.69, 9.17) is 15.9 Å². The van der Waals surface area contributed by atoms with Gasteiger partial charge in [0.05, 0.1) is 6.04 Å². The van der Waals surface area contributed by atoms with Gasteiger partial charge >= 0.3 is 0 Å². The van der Waals surface area contributed by atoms with Crippen LogP contribution in [0.25, 0.3) is 0 Å². The quantitative estimate of drug-likeness (QED) is 0.650. The van der Waals surface area contributed by atoms with Gasteiger partial charge in [0, 0.05) is 6.07 Å². The Kier molecular flexibility index (Phi) is 1.97. The topological polar surface area (TPSA) is 65.2 Å². The highest BCUT2D eigenvalue weighted by atomic mass is 16.4. The molecule has 0 bridgehead atoms. The van der Waals surface area contributed by atoms with Gasteiger partial charge in [0.15, 0.2) is 5.88 Å². The zero-order chi connectivity index (χ0) is 7.56. The number of rotatable bonds is 2. The van der Waals surface area contributed by atoms with Crippen molar-refractivity contribution in [2.45, 2.75) is 19.4 Å². The molecule has 0 amide bonds. The molecule has 0 radical (unpaired) electrons. The average Bonchev–Trinajstić information content (AvgIpc) is 2.34. The molecule has 1 heterocycles. The van der Waals surface area contributed by atoms with E-state index in [2.05, 4.69) is 0 Å². The van der Waals surface area contributed by atoms with Crippen LogP contribution in [-0.2, 0) is 0 Å². The van der Waals surface area contributed by atoms with Crippen LogP contribution in [0.1, 0.15) is 25.1 Å². The summed E-state index contributed by atoms with van der Waals surface area (Å²) in [6, 6.07) is 3.51. The summed E-state index contributed by atoms with van der Waals surface area (Å²) in [4.78, 5) is 0. The summed E-state index contributed by atoms with van der Waals surface area (Å²) >= 11 is 0. The summed E-state index contributed by atoms with van der Waals surface area (Å²) in [6.45, 7) is 2.00. The third kappa shape index (κ3) is 1.30. The molecular weight excluding hydrogens is 128 g/mol. The lowest BCUT2D eigenvalue weighted by atomic mass is 10.2. The maximum Gasteiger partial charge on any atom is 0.190 e. The van der Waals surface area contributed by atoms with Gasteiger partial charge in [-0.2, -0.15) is 0 Å². The number of furan rings is 1. The van der Waals surface area contributed by atoms with Crippen molar-refractivity contribution in [3.8, 4) is 0 Å². The SMILES string of the molecule is CCC(N)c1ccc(N)o1. The van der Waals surface area contributed by atoms with Crippen molar-refractivity contribution in [3.05, 3.63) is 17.9 Å². The van der Waals surface area contributed by atoms with Crippen molar-refractivity contribution in [2.24, 2.45) is 5.73 Å². The van der Waals surface area contributed by atoms with E-state index in [1.165, 1.54) is 0 Å². The Morgan fingerprint density at radius 2 is 2.30 bits per heavy atom. The molecule has 1 atom stereocenters. The largest absolute Gasteiger partial charge is 0.444 e. The fraction of sp³-hybridized carbons (Fsp3) is 0.429. The highest BCUT2D eigenvalue weighted by Gasteiger charge is 2.06. The minimum absolute atomic E-state index is 0.0164. The fourth-order valence-electron chi connectivity index (χ4n) is 0.769. The first kappa shape index (κ1) is 7.15. The number of hydrogen-bond donors (Lipinski definition) is 2. The average molecular weight is 140 g/mol.